The lowest BCUT2D eigenvalue weighted by Gasteiger charge is -2.11. The van der Waals surface area contributed by atoms with E-state index in [9.17, 15) is 9.59 Å². The molecule has 0 aromatic heterocycles. The molecule has 0 aliphatic rings. The highest BCUT2D eigenvalue weighted by atomic mass is 32.2. The van der Waals surface area contributed by atoms with Crippen LogP contribution in [0.3, 0.4) is 0 Å². The van der Waals surface area contributed by atoms with Gasteiger partial charge in [0.25, 0.3) is 0 Å². The second kappa shape index (κ2) is 11.2. The summed E-state index contributed by atoms with van der Waals surface area (Å²) in [5.41, 5.74) is 4.82. The van der Waals surface area contributed by atoms with Gasteiger partial charge < -0.3 is 10.6 Å². The molecule has 0 saturated heterocycles. The SMILES string of the molecule is Cc1cccc(NC(=O)CCCSCC(=O)Nc2ccccc2-c2ccccc2)c1. The molecule has 0 bridgehead atoms. The molecular weight excluding hydrogens is 392 g/mol. The van der Waals surface area contributed by atoms with E-state index in [1.165, 1.54) is 0 Å². The highest BCUT2D eigenvalue weighted by Crippen LogP contribution is 2.27. The Balaban J connectivity index is 1.39. The molecule has 0 radical (unpaired) electrons. The van der Waals surface area contributed by atoms with E-state index in [0.717, 1.165) is 40.2 Å². The number of carbonyl (C=O) groups is 2. The average Bonchev–Trinajstić information content (AvgIpc) is 2.74. The fourth-order valence-corrected chi connectivity index (χ4v) is 3.84. The van der Waals surface area contributed by atoms with Crippen molar-refractivity contribution in [3.63, 3.8) is 0 Å². The van der Waals surface area contributed by atoms with Crippen LogP contribution in [0, 0.1) is 6.92 Å². The smallest absolute Gasteiger partial charge is 0.234 e. The van der Waals surface area contributed by atoms with Crippen molar-refractivity contribution in [3.8, 4) is 11.1 Å². The lowest BCUT2D eigenvalue weighted by molar-refractivity contribution is -0.116. The first-order chi connectivity index (χ1) is 14.6. The van der Waals surface area contributed by atoms with E-state index < -0.39 is 0 Å². The molecule has 0 heterocycles. The summed E-state index contributed by atoms with van der Waals surface area (Å²) in [5, 5.41) is 5.92. The van der Waals surface area contributed by atoms with Crippen LogP contribution in [-0.2, 0) is 9.59 Å². The maximum atomic E-state index is 12.4. The Morgan fingerprint density at radius 1 is 0.833 bits per heavy atom. The van der Waals surface area contributed by atoms with Gasteiger partial charge in [-0.3, -0.25) is 9.59 Å². The van der Waals surface area contributed by atoms with Gasteiger partial charge in [-0.1, -0.05) is 60.7 Å². The monoisotopic (exact) mass is 418 g/mol. The molecule has 0 atom stereocenters. The van der Waals surface area contributed by atoms with Crippen LogP contribution in [0.2, 0.25) is 0 Å². The van der Waals surface area contributed by atoms with E-state index in [-0.39, 0.29) is 11.8 Å². The molecule has 3 aromatic carbocycles. The van der Waals surface area contributed by atoms with Crippen LogP contribution >= 0.6 is 11.8 Å². The summed E-state index contributed by atoms with van der Waals surface area (Å²) in [6, 6.07) is 25.6. The number of hydrogen-bond acceptors (Lipinski definition) is 3. The van der Waals surface area contributed by atoms with Crippen LogP contribution in [0.4, 0.5) is 11.4 Å². The van der Waals surface area contributed by atoms with Crippen molar-refractivity contribution in [2.75, 3.05) is 22.1 Å². The van der Waals surface area contributed by atoms with Gasteiger partial charge in [-0.2, -0.15) is 11.8 Å². The fraction of sp³-hybridized carbons (Fsp3) is 0.200. The number of anilines is 2. The summed E-state index contributed by atoms with van der Waals surface area (Å²) in [4.78, 5) is 24.4. The topological polar surface area (TPSA) is 58.2 Å². The van der Waals surface area contributed by atoms with Crippen LogP contribution < -0.4 is 10.6 Å². The second-order valence-corrected chi connectivity index (χ2v) is 8.14. The first-order valence-electron chi connectivity index (χ1n) is 10.0. The lowest BCUT2D eigenvalue weighted by atomic mass is 10.0. The molecule has 0 aliphatic heterocycles. The Morgan fingerprint density at radius 3 is 2.40 bits per heavy atom. The van der Waals surface area contributed by atoms with E-state index in [1.54, 1.807) is 11.8 Å². The van der Waals surface area contributed by atoms with E-state index >= 15 is 0 Å². The number of carbonyl (C=O) groups excluding carboxylic acids is 2. The van der Waals surface area contributed by atoms with Gasteiger partial charge in [-0.25, -0.2) is 0 Å². The zero-order chi connectivity index (χ0) is 21.2. The largest absolute Gasteiger partial charge is 0.326 e. The quantitative estimate of drug-likeness (QED) is 0.435. The third kappa shape index (κ3) is 6.78. The van der Waals surface area contributed by atoms with Crippen LogP contribution in [0.15, 0.2) is 78.9 Å². The summed E-state index contributed by atoms with van der Waals surface area (Å²) in [7, 11) is 0. The van der Waals surface area contributed by atoms with Crippen molar-refractivity contribution in [1.82, 2.24) is 0 Å². The fourth-order valence-electron chi connectivity index (χ4n) is 3.09. The molecule has 2 amide bonds. The number of nitrogens with one attached hydrogen (secondary N) is 2. The van der Waals surface area contributed by atoms with E-state index in [4.69, 9.17) is 0 Å². The normalized spacial score (nSPS) is 10.4. The molecule has 0 aliphatic carbocycles. The maximum Gasteiger partial charge on any atom is 0.234 e. The lowest BCUT2D eigenvalue weighted by Crippen LogP contribution is -2.15. The molecule has 0 fully saturated rings. The maximum absolute atomic E-state index is 12.4. The number of para-hydroxylation sites is 1. The zero-order valence-corrected chi connectivity index (χ0v) is 17.9. The van der Waals surface area contributed by atoms with Gasteiger partial charge in [0.05, 0.1) is 5.75 Å². The molecule has 0 spiro atoms. The van der Waals surface area contributed by atoms with Crippen molar-refractivity contribution in [2.45, 2.75) is 19.8 Å². The van der Waals surface area contributed by atoms with E-state index in [2.05, 4.69) is 10.6 Å². The Morgan fingerprint density at radius 2 is 1.60 bits per heavy atom. The van der Waals surface area contributed by atoms with E-state index in [1.807, 2.05) is 85.8 Å². The van der Waals surface area contributed by atoms with Crippen molar-refractivity contribution in [2.24, 2.45) is 0 Å². The Hall–Kier alpha value is -3.05. The summed E-state index contributed by atoms with van der Waals surface area (Å²) in [6.07, 6.45) is 1.18. The molecule has 5 heteroatoms. The number of rotatable bonds is 9. The molecule has 0 unspecified atom stereocenters. The molecule has 3 rings (SSSR count). The van der Waals surface area contributed by atoms with Crippen molar-refractivity contribution < 1.29 is 9.59 Å². The summed E-state index contributed by atoms with van der Waals surface area (Å²) >= 11 is 1.54. The van der Waals surface area contributed by atoms with Crippen LogP contribution in [0.5, 0.6) is 0 Å². The predicted octanol–water partition coefficient (Wildman–Crippen LogP) is 5.75. The number of thioether (sulfide) groups is 1. The minimum absolute atomic E-state index is 0.00226. The van der Waals surface area contributed by atoms with E-state index in [0.29, 0.717) is 12.2 Å². The Bertz CT molecular complexity index is 989. The van der Waals surface area contributed by atoms with Gasteiger partial charge in [0.15, 0.2) is 0 Å². The molecule has 154 valence electrons. The van der Waals surface area contributed by atoms with Gasteiger partial charge in [-0.05, 0) is 48.4 Å². The van der Waals surface area contributed by atoms with Crippen LogP contribution in [0.25, 0.3) is 11.1 Å². The van der Waals surface area contributed by atoms with Crippen molar-refractivity contribution in [1.29, 1.82) is 0 Å². The second-order valence-electron chi connectivity index (χ2n) is 7.03. The van der Waals surface area contributed by atoms with Gasteiger partial charge in [-0.15, -0.1) is 0 Å². The summed E-state index contributed by atoms with van der Waals surface area (Å²) in [5.74, 6) is 1.09. The minimum Gasteiger partial charge on any atom is -0.326 e. The molecule has 3 aromatic rings. The standard InChI is InChI=1S/C25H26N2O2S/c1-19-9-7-12-21(17-19)26-24(28)15-8-16-30-18-25(29)27-23-14-6-5-13-22(23)20-10-3-2-4-11-20/h2-7,9-14,17H,8,15-16,18H2,1H3,(H,26,28)(H,27,29). The first kappa shape index (κ1) is 21.7. The van der Waals surface area contributed by atoms with Crippen molar-refractivity contribution in [3.05, 3.63) is 84.4 Å². The third-order valence-electron chi connectivity index (χ3n) is 4.51. The van der Waals surface area contributed by atoms with Gasteiger partial charge >= 0.3 is 0 Å². The minimum atomic E-state index is -0.0346. The van der Waals surface area contributed by atoms with Gasteiger partial charge in [0, 0.05) is 23.4 Å². The molecule has 30 heavy (non-hydrogen) atoms. The van der Waals surface area contributed by atoms with Crippen LogP contribution in [0.1, 0.15) is 18.4 Å². The summed E-state index contributed by atoms with van der Waals surface area (Å²) in [6.45, 7) is 2.00. The highest BCUT2D eigenvalue weighted by molar-refractivity contribution is 7.99. The number of benzene rings is 3. The van der Waals surface area contributed by atoms with Crippen molar-refractivity contribution >= 4 is 35.0 Å². The molecule has 2 N–H and O–H groups in total. The Labute approximate surface area is 182 Å². The predicted molar refractivity (Wildman–Crippen MR) is 127 cm³/mol. The van der Waals surface area contributed by atoms with Gasteiger partial charge in [0.1, 0.15) is 0 Å². The first-order valence-corrected chi connectivity index (χ1v) is 11.2. The number of hydrogen-bond donors (Lipinski definition) is 2. The number of amides is 2. The molecule has 4 nitrogen and oxygen atoms in total. The third-order valence-corrected chi connectivity index (χ3v) is 5.56. The summed E-state index contributed by atoms with van der Waals surface area (Å²) < 4.78 is 0. The molecular formula is C25H26N2O2S. The molecule has 0 saturated carbocycles. The zero-order valence-electron chi connectivity index (χ0n) is 17.1. The van der Waals surface area contributed by atoms with Crippen LogP contribution in [-0.4, -0.2) is 23.3 Å². The number of aryl methyl sites for hydroxylation is 1. The Kier molecular flexibility index (Phi) is 8.10. The average molecular weight is 419 g/mol. The highest BCUT2D eigenvalue weighted by Gasteiger charge is 2.09. The van der Waals surface area contributed by atoms with Gasteiger partial charge in [0.2, 0.25) is 11.8 Å².